The van der Waals surface area contributed by atoms with Crippen LogP contribution in [-0.2, 0) is 30.4 Å². The van der Waals surface area contributed by atoms with Gasteiger partial charge in [-0.05, 0) is 70.6 Å². The molecule has 10 heteroatoms. The third-order valence-electron chi connectivity index (χ3n) is 6.78. The lowest BCUT2D eigenvalue weighted by Crippen LogP contribution is -2.42. The molecule has 2 saturated carbocycles. The highest BCUT2D eigenvalue weighted by Crippen LogP contribution is 2.35. The molecule has 0 aliphatic heterocycles. The van der Waals surface area contributed by atoms with Gasteiger partial charge in [-0.3, -0.25) is 9.59 Å². The van der Waals surface area contributed by atoms with E-state index >= 15 is 0 Å². The second-order valence-corrected chi connectivity index (χ2v) is 12.1. The summed E-state index contributed by atoms with van der Waals surface area (Å²) in [7, 11) is 0. The number of aromatic nitrogens is 3. The van der Waals surface area contributed by atoms with E-state index in [2.05, 4.69) is 20.3 Å². The predicted molar refractivity (Wildman–Crippen MR) is 145 cm³/mol. The van der Waals surface area contributed by atoms with E-state index in [1.807, 2.05) is 39.0 Å². The van der Waals surface area contributed by atoms with Crippen LogP contribution in [0.3, 0.4) is 0 Å². The lowest BCUT2D eigenvalue weighted by atomic mass is 9.81. The molecule has 0 spiro atoms. The van der Waals surface area contributed by atoms with Crippen LogP contribution in [0.15, 0.2) is 30.6 Å². The van der Waals surface area contributed by atoms with Crippen LogP contribution >= 0.6 is 11.3 Å². The van der Waals surface area contributed by atoms with Crippen molar-refractivity contribution in [2.45, 2.75) is 90.3 Å². The van der Waals surface area contributed by atoms with Crippen molar-refractivity contribution in [1.29, 1.82) is 0 Å². The number of nitrogens with zero attached hydrogens (tertiary/aromatic N) is 3. The minimum Gasteiger partial charge on any atom is -0.460 e. The predicted octanol–water partition coefficient (Wildman–Crippen LogP) is 5.29. The van der Waals surface area contributed by atoms with E-state index in [9.17, 15) is 9.59 Å². The number of hydrogen-bond acceptors (Lipinski definition) is 9. The number of hydrogen-bond donors (Lipinski definition) is 1. The van der Waals surface area contributed by atoms with Gasteiger partial charge in [0.25, 0.3) is 0 Å². The summed E-state index contributed by atoms with van der Waals surface area (Å²) in [5, 5.41) is 3.58. The van der Waals surface area contributed by atoms with Gasteiger partial charge >= 0.3 is 5.97 Å². The van der Waals surface area contributed by atoms with Crippen LogP contribution in [-0.4, -0.2) is 50.7 Å². The summed E-state index contributed by atoms with van der Waals surface area (Å²) in [6.07, 6.45) is 7.53. The number of carbonyl (C=O) groups is 2. The topological polar surface area (TPSA) is 113 Å². The average Bonchev–Trinajstić information content (AvgIpc) is 3.44. The number of carbonyl (C=O) groups excluding carboxylic acids is 2. The van der Waals surface area contributed by atoms with Gasteiger partial charge in [0.15, 0.2) is 11.0 Å². The lowest BCUT2D eigenvalue weighted by Gasteiger charge is -2.38. The number of fused-ring (bicyclic) bond motifs is 1. The molecule has 2 aliphatic carbocycles. The van der Waals surface area contributed by atoms with Gasteiger partial charge in [0.1, 0.15) is 12.7 Å². The zero-order valence-corrected chi connectivity index (χ0v) is 23.0. The van der Waals surface area contributed by atoms with Gasteiger partial charge in [-0.15, -0.1) is 0 Å². The Hall–Kier alpha value is -2.95. The first-order valence-corrected chi connectivity index (χ1v) is 13.9. The maximum atomic E-state index is 12.7. The van der Waals surface area contributed by atoms with Gasteiger partial charge in [0.2, 0.25) is 5.91 Å². The van der Waals surface area contributed by atoms with Crippen molar-refractivity contribution in [2.24, 2.45) is 5.92 Å². The van der Waals surface area contributed by atoms with E-state index in [4.69, 9.17) is 14.2 Å². The molecule has 2 aliphatic rings. The molecule has 9 nitrogen and oxygen atoms in total. The van der Waals surface area contributed by atoms with E-state index in [-0.39, 0.29) is 48.3 Å². The van der Waals surface area contributed by atoms with Gasteiger partial charge in [-0.25, -0.2) is 15.0 Å². The van der Waals surface area contributed by atoms with Crippen LogP contribution in [0.25, 0.3) is 21.3 Å². The fourth-order valence-corrected chi connectivity index (χ4v) is 5.84. The highest BCUT2D eigenvalue weighted by Gasteiger charge is 2.37. The molecular weight excluding hydrogens is 504 g/mol. The normalized spacial score (nSPS) is 23.3. The molecule has 5 rings (SSSR count). The number of esters is 1. The molecule has 0 radical (unpaired) electrons. The number of nitrogens with one attached hydrogen (secondary N) is 1. The van der Waals surface area contributed by atoms with Gasteiger partial charge in [-0.2, -0.15) is 0 Å². The van der Waals surface area contributed by atoms with E-state index in [1.165, 1.54) is 18.3 Å². The van der Waals surface area contributed by atoms with E-state index in [0.717, 1.165) is 53.4 Å². The number of amides is 1. The zero-order valence-electron chi connectivity index (χ0n) is 22.2. The van der Waals surface area contributed by atoms with Crippen molar-refractivity contribution in [2.75, 3.05) is 5.32 Å². The number of anilines is 1. The molecule has 3 aromatic rings. The van der Waals surface area contributed by atoms with Crippen molar-refractivity contribution in [1.82, 2.24) is 15.0 Å². The molecule has 1 N–H and O–H groups in total. The summed E-state index contributed by atoms with van der Waals surface area (Å²) < 4.78 is 18.2. The summed E-state index contributed by atoms with van der Waals surface area (Å²) >= 11 is 1.46. The first-order valence-electron chi connectivity index (χ1n) is 13.1. The highest BCUT2D eigenvalue weighted by molar-refractivity contribution is 7.22. The quantitative estimate of drug-likeness (QED) is 0.385. The molecule has 2 atom stereocenters. The van der Waals surface area contributed by atoms with Crippen molar-refractivity contribution in [3.8, 4) is 11.1 Å². The van der Waals surface area contributed by atoms with Crippen LogP contribution < -0.4 is 5.32 Å². The van der Waals surface area contributed by atoms with Gasteiger partial charge in [0, 0.05) is 30.8 Å². The fraction of sp³-hybridized carbons (Fsp3) is 0.536. The first-order chi connectivity index (χ1) is 18.1. The smallest absolute Gasteiger partial charge is 0.302 e. The van der Waals surface area contributed by atoms with Crippen molar-refractivity contribution in [3.05, 3.63) is 36.4 Å². The molecule has 2 fully saturated rings. The largest absolute Gasteiger partial charge is 0.460 e. The summed E-state index contributed by atoms with van der Waals surface area (Å²) in [6, 6.07) is 5.96. The van der Waals surface area contributed by atoms with Crippen molar-refractivity contribution < 1.29 is 23.8 Å². The van der Waals surface area contributed by atoms with Gasteiger partial charge in [-0.1, -0.05) is 17.4 Å². The van der Waals surface area contributed by atoms with Crippen LogP contribution in [0.1, 0.15) is 65.6 Å². The third kappa shape index (κ3) is 6.54. The van der Waals surface area contributed by atoms with Crippen LogP contribution in [0.4, 0.5) is 5.13 Å². The number of thiazole rings is 1. The first kappa shape index (κ1) is 26.6. The molecule has 1 aromatic carbocycles. The molecule has 202 valence electrons. The summed E-state index contributed by atoms with van der Waals surface area (Å²) in [6.45, 7) is 7.79. The molecule has 38 heavy (non-hydrogen) atoms. The Labute approximate surface area is 226 Å². The SMILES string of the molecule is CC(=O)O[C@H]1CCC[C@@H]1OCc1ncc(-c2ccc3nc(NC(=O)C4CC(OC(C)(C)C)C4)sc3c2)cn1. The third-order valence-corrected chi connectivity index (χ3v) is 7.71. The average molecular weight is 539 g/mol. The maximum Gasteiger partial charge on any atom is 0.302 e. The molecular formula is C28H34N4O5S. The van der Waals surface area contributed by atoms with Gasteiger partial charge in [0.05, 0.1) is 28.0 Å². The van der Waals surface area contributed by atoms with Gasteiger partial charge < -0.3 is 19.5 Å². The van der Waals surface area contributed by atoms with Crippen molar-refractivity contribution in [3.63, 3.8) is 0 Å². The fourth-order valence-electron chi connectivity index (χ4n) is 4.93. The van der Waals surface area contributed by atoms with E-state index in [0.29, 0.717) is 11.0 Å². The number of ether oxygens (including phenoxy) is 3. The Morgan fingerprint density at radius 2 is 1.82 bits per heavy atom. The van der Waals surface area contributed by atoms with Crippen LogP contribution in [0.5, 0.6) is 0 Å². The summed E-state index contributed by atoms with van der Waals surface area (Å²) in [5.74, 6) is 0.265. The van der Waals surface area contributed by atoms with E-state index < -0.39 is 0 Å². The molecule has 2 heterocycles. The maximum absolute atomic E-state index is 12.7. The Bertz CT molecular complexity index is 1300. The lowest BCUT2D eigenvalue weighted by molar-refractivity contribution is -0.153. The Kier molecular flexibility index (Phi) is 7.74. The Morgan fingerprint density at radius 3 is 2.53 bits per heavy atom. The molecule has 0 unspecified atom stereocenters. The Morgan fingerprint density at radius 1 is 1.08 bits per heavy atom. The minimum atomic E-state index is -0.281. The summed E-state index contributed by atoms with van der Waals surface area (Å²) in [5.41, 5.74) is 2.49. The zero-order chi connectivity index (χ0) is 26.9. The summed E-state index contributed by atoms with van der Waals surface area (Å²) in [4.78, 5) is 37.5. The molecule has 0 bridgehead atoms. The van der Waals surface area contributed by atoms with E-state index in [1.54, 1.807) is 12.4 Å². The number of rotatable bonds is 8. The van der Waals surface area contributed by atoms with Crippen LogP contribution in [0, 0.1) is 5.92 Å². The molecule has 2 aromatic heterocycles. The Balaban J connectivity index is 1.16. The standard InChI is InChI=1S/C28H34N4O5S/c1-16(33)36-23-7-5-6-22(23)35-15-25-29-13-19(14-30-25)17-8-9-21-24(12-17)38-27(31-21)32-26(34)18-10-20(11-18)37-28(2,3)4/h8-9,12-14,18,20,22-23H,5-7,10-11,15H2,1-4H3,(H,31,32,34)/t18?,20?,22-,23-/m0/s1. The molecule has 1 amide bonds. The molecule has 0 saturated heterocycles. The van der Waals surface area contributed by atoms with Crippen molar-refractivity contribution >= 4 is 38.6 Å². The monoisotopic (exact) mass is 538 g/mol. The number of benzene rings is 1. The minimum absolute atomic E-state index is 0.000951. The second-order valence-electron chi connectivity index (χ2n) is 11.0. The second kappa shape index (κ2) is 11.0. The highest BCUT2D eigenvalue weighted by atomic mass is 32.1. The van der Waals surface area contributed by atoms with Crippen LogP contribution in [0.2, 0.25) is 0 Å².